The van der Waals surface area contributed by atoms with E-state index >= 15 is 0 Å². The number of hydrogen-bond acceptors (Lipinski definition) is 6. The molecule has 0 unspecified atom stereocenters. The molecule has 0 aliphatic carbocycles. The first-order valence-electron chi connectivity index (χ1n) is 9.02. The number of carbonyl (C=O) groups excluding carboxylic acids is 1. The van der Waals surface area contributed by atoms with Crippen molar-refractivity contribution in [2.45, 2.75) is 18.0 Å². The number of nitrogens with zero attached hydrogens (tertiary/aromatic N) is 5. The maximum absolute atomic E-state index is 12.6. The highest BCUT2D eigenvalue weighted by molar-refractivity contribution is 7.99. The average molecular weight is 415 g/mol. The van der Waals surface area contributed by atoms with E-state index in [0.717, 1.165) is 43.0 Å². The molecule has 1 fully saturated rings. The van der Waals surface area contributed by atoms with Crippen LogP contribution in [0.15, 0.2) is 53.7 Å². The van der Waals surface area contributed by atoms with Gasteiger partial charge >= 0.3 is 0 Å². The highest BCUT2D eigenvalue weighted by Gasteiger charge is 2.20. The molecule has 1 N–H and O–H groups in total. The lowest BCUT2D eigenvalue weighted by Gasteiger charge is -2.22. The Bertz CT molecular complexity index is 958. The minimum Gasteiger partial charge on any atom is -0.369 e. The van der Waals surface area contributed by atoms with Gasteiger partial charge in [-0.1, -0.05) is 47.6 Å². The van der Waals surface area contributed by atoms with Gasteiger partial charge in [0.25, 0.3) is 0 Å². The van der Waals surface area contributed by atoms with Gasteiger partial charge in [0.2, 0.25) is 11.1 Å². The molecule has 7 nitrogen and oxygen atoms in total. The van der Waals surface area contributed by atoms with Crippen LogP contribution in [0.4, 0.5) is 11.4 Å². The van der Waals surface area contributed by atoms with E-state index in [1.165, 1.54) is 11.8 Å². The largest absolute Gasteiger partial charge is 0.369 e. The second kappa shape index (κ2) is 8.62. The first-order valence-corrected chi connectivity index (χ1v) is 10.4. The van der Waals surface area contributed by atoms with Crippen LogP contribution >= 0.6 is 23.4 Å². The summed E-state index contributed by atoms with van der Waals surface area (Å²) in [5.41, 5.74) is 2.48. The number of hydrogen-bond donors (Lipinski definition) is 1. The molecule has 4 rings (SSSR count). The van der Waals surface area contributed by atoms with Crippen molar-refractivity contribution in [3.63, 3.8) is 0 Å². The Hall–Kier alpha value is -2.58. The lowest BCUT2D eigenvalue weighted by molar-refractivity contribution is -0.113. The molecule has 144 valence electrons. The van der Waals surface area contributed by atoms with Crippen molar-refractivity contribution in [1.29, 1.82) is 0 Å². The number of rotatable bonds is 6. The van der Waals surface area contributed by atoms with Gasteiger partial charge in [0.15, 0.2) is 0 Å². The van der Waals surface area contributed by atoms with Crippen molar-refractivity contribution in [2.24, 2.45) is 0 Å². The molecule has 1 aromatic heterocycles. The molecular weight excluding hydrogens is 396 g/mol. The van der Waals surface area contributed by atoms with Gasteiger partial charge in [0.1, 0.15) is 0 Å². The van der Waals surface area contributed by atoms with E-state index in [9.17, 15) is 4.79 Å². The number of nitrogens with one attached hydrogen (secondary N) is 1. The third-order valence-electron chi connectivity index (χ3n) is 4.46. The average Bonchev–Trinajstić information content (AvgIpc) is 3.39. The number of benzene rings is 2. The highest BCUT2D eigenvalue weighted by atomic mass is 35.5. The molecule has 0 atom stereocenters. The molecule has 0 radical (unpaired) electrons. The molecule has 2 aromatic carbocycles. The Morgan fingerprint density at radius 3 is 2.68 bits per heavy atom. The predicted octanol–water partition coefficient (Wildman–Crippen LogP) is 3.65. The Balaban J connectivity index is 1.44. The van der Waals surface area contributed by atoms with Crippen LogP contribution in [-0.4, -0.2) is 45.0 Å². The first-order chi connectivity index (χ1) is 13.7. The summed E-state index contributed by atoms with van der Waals surface area (Å²) >= 11 is 7.70. The molecule has 3 aromatic rings. The minimum absolute atomic E-state index is 0.129. The van der Waals surface area contributed by atoms with Crippen LogP contribution in [0.2, 0.25) is 5.02 Å². The summed E-state index contributed by atoms with van der Waals surface area (Å²) in [5.74, 6) is 0.0643. The SMILES string of the molecule is O=C(CSc1nnnn1-c1ccccc1)Nc1cccc(Cl)c1N1CCCC1. The maximum Gasteiger partial charge on any atom is 0.234 e. The molecule has 1 amide bonds. The van der Waals surface area contributed by atoms with Gasteiger partial charge in [0.05, 0.1) is 27.8 Å². The van der Waals surface area contributed by atoms with E-state index in [1.54, 1.807) is 4.68 Å². The number of para-hydroxylation sites is 2. The summed E-state index contributed by atoms with van der Waals surface area (Å²) in [5, 5.41) is 16.0. The van der Waals surface area contributed by atoms with Gasteiger partial charge in [-0.05, 0) is 47.5 Å². The van der Waals surface area contributed by atoms with Crippen LogP contribution in [0.25, 0.3) is 5.69 Å². The first kappa shape index (κ1) is 18.8. The van der Waals surface area contributed by atoms with E-state index in [-0.39, 0.29) is 11.7 Å². The summed E-state index contributed by atoms with van der Waals surface area (Å²) in [6, 6.07) is 15.2. The topological polar surface area (TPSA) is 75.9 Å². The number of anilines is 2. The van der Waals surface area contributed by atoms with Gasteiger partial charge in [0, 0.05) is 13.1 Å². The molecule has 1 saturated heterocycles. The zero-order chi connectivity index (χ0) is 19.3. The molecular formula is C19H19ClN6OS. The summed E-state index contributed by atoms with van der Waals surface area (Å²) < 4.78 is 1.62. The summed E-state index contributed by atoms with van der Waals surface area (Å²) in [6.45, 7) is 1.90. The van der Waals surface area contributed by atoms with Crippen molar-refractivity contribution in [3.8, 4) is 5.69 Å². The quantitative estimate of drug-likeness (QED) is 0.620. The molecule has 28 heavy (non-hydrogen) atoms. The second-order valence-electron chi connectivity index (χ2n) is 6.38. The summed E-state index contributed by atoms with van der Waals surface area (Å²) in [4.78, 5) is 14.8. The highest BCUT2D eigenvalue weighted by Crippen LogP contribution is 2.36. The normalized spacial score (nSPS) is 13.7. The number of carbonyl (C=O) groups is 1. The van der Waals surface area contributed by atoms with Crippen LogP contribution in [0.3, 0.4) is 0 Å². The van der Waals surface area contributed by atoms with Gasteiger partial charge in [-0.3, -0.25) is 4.79 Å². The van der Waals surface area contributed by atoms with E-state index in [2.05, 4.69) is 25.7 Å². The van der Waals surface area contributed by atoms with E-state index in [4.69, 9.17) is 11.6 Å². The van der Waals surface area contributed by atoms with Crippen molar-refractivity contribution in [2.75, 3.05) is 29.1 Å². The van der Waals surface area contributed by atoms with E-state index in [0.29, 0.717) is 10.2 Å². The fourth-order valence-corrected chi connectivity index (χ4v) is 4.18. The zero-order valence-electron chi connectivity index (χ0n) is 15.1. The van der Waals surface area contributed by atoms with E-state index < -0.39 is 0 Å². The second-order valence-corrected chi connectivity index (χ2v) is 7.73. The summed E-state index contributed by atoms with van der Waals surface area (Å²) in [7, 11) is 0. The number of halogens is 1. The number of amides is 1. The Morgan fingerprint density at radius 1 is 1.11 bits per heavy atom. The Morgan fingerprint density at radius 2 is 1.89 bits per heavy atom. The van der Waals surface area contributed by atoms with Crippen LogP contribution in [-0.2, 0) is 4.79 Å². The molecule has 1 aliphatic heterocycles. The van der Waals surface area contributed by atoms with Gasteiger partial charge in [-0.25, -0.2) is 0 Å². The number of thioether (sulfide) groups is 1. The Kier molecular flexibility index (Phi) is 5.78. The van der Waals surface area contributed by atoms with Crippen LogP contribution in [0.1, 0.15) is 12.8 Å². The van der Waals surface area contributed by atoms with Crippen molar-refractivity contribution < 1.29 is 4.79 Å². The third kappa shape index (κ3) is 4.13. The van der Waals surface area contributed by atoms with Gasteiger partial charge in [-0.2, -0.15) is 4.68 Å². The fourth-order valence-electron chi connectivity index (χ4n) is 3.19. The van der Waals surface area contributed by atoms with Crippen LogP contribution in [0, 0.1) is 0 Å². The standard InChI is InChI=1S/C19H19ClN6OS/c20-15-9-6-10-16(18(15)25-11-4-5-12-25)21-17(27)13-28-19-22-23-24-26(19)14-7-2-1-3-8-14/h1-3,6-10H,4-5,11-13H2,(H,21,27). The monoisotopic (exact) mass is 414 g/mol. The van der Waals surface area contributed by atoms with Crippen LogP contribution in [0.5, 0.6) is 0 Å². The molecule has 9 heteroatoms. The Labute approximate surface area is 172 Å². The minimum atomic E-state index is -0.129. The molecule has 0 bridgehead atoms. The number of tetrazole rings is 1. The van der Waals surface area contributed by atoms with Crippen molar-refractivity contribution in [3.05, 3.63) is 53.6 Å². The van der Waals surface area contributed by atoms with Crippen molar-refractivity contribution in [1.82, 2.24) is 20.2 Å². The lowest BCUT2D eigenvalue weighted by Crippen LogP contribution is -2.22. The maximum atomic E-state index is 12.6. The fraction of sp³-hybridized carbons (Fsp3) is 0.263. The predicted molar refractivity (Wildman–Crippen MR) is 111 cm³/mol. The van der Waals surface area contributed by atoms with Crippen molar-refractivity contribution >= 4 is 40.6 Å². The van der Waals surface area contributed by atoms with Gasteiger partial charge < -0.3 is 10.2 Å². The molecule has 1 aliphatic rings. The summed E-state index contributed by atoms with van der Waals surface area (Å²) in [6.07, 6.45) is 2.27. The zero-order valence-corrected chi connectivity index (χ0v) is 16.7. The molecule has 2 heterocycles. The lowest BCUT2D eigenvalue weighted by atomic mass is 10.2. The van der Waals surface area contributed by atoms with Gasteiger partial charge in [-0.15, -0.1) is 5.10 Å². The van der Waals surface area contributed by atoms with Crippen LogP contribution < -0.4 is 10.2 Å². The third-order valence-corrected chi connectivity index (χ3v) is 5.68. The number of aromatic nitrogens is 4. The van der Waals surface area contributed by atoms with E-state index in [1.807, 2.05) is 48.5 Å². The molecule has 0 saturated carbocycles. The smallest absolute Gasteiger partial charge is 0.234 e. The molecule has 0 spiro atoms.